The molecule has 1 aliphatic heterocycles. The third-order valence-corrected chi connectivity index (χ3v) is 5.35. The molecule has 178 valence electrons. The van der Waals surface area contributed by atoms with E-state index in [1.807, 2.05) is 13.8 Å². The summed E-state index contributed by atoms with van der Waals surface area (Å²) in [5.41, 5.74) is 2.73. The van der Waals surface area contributed by atoms with Crippen LogP contribution in [-0.4, -0.2) is 50.0 Å². The molecule has 1 saturated heterocycles. The van der Waals surface area contributed by atoms with Crippen LogP contribution in [0.4, 0.5) is 11.4 Å². The molecule has 9 heteroatoms. The van der Waals surface area contributed by atoms with Crippen molar-refractivity contribution < 1.29 is 28.7 Å². The first kappa shape index (κ1) is 25.7. The van der Waals surface area contributed by atoms with Crippen molar-refractivity contribution >= 4 is 29.5 Å². The smallest absolute Gasteiger partial charge is 0.256 e. The number of hydrogen-bond donors (Lipinski definition) is 2. The van der Waals surface area contributed by atoms with E-state index in [2.05, 4.69) is 10.8 Å². The molecule has 0 bridgehead atoms. The zero-order chi connectivity index (χ0) is 24.6. The minimum Gasteiger partial charge on any atom is -0.497 e. The molecule has 3 rings (SSSR count). The van der Waals surface area contributed by atoms with Gasteiger partial charge in [-0.1, -0.05) is 19.9 Å². The monoisotopic (exact) mass is 457 g/mol. The van der Waals surface area contributed by atoms with Gasteiger partial charge in [-0.2, -0.15) is 0 Å². The van der Waals surface area contributed by atoms with Gasteiger partial charge in [0.05, 0.1) is 31.0 Å². The van der Waals surface area contributed by atoms with Crippen molar-refractivity contribution in [1.82, 2.24) is 10.4 Å². The molecule has 0 spiro atoms. The number of hydrogen-bond acceptors (Lipinski definition) is 7. The van der Waals surface area contributed by atoms with Gasteiger partial charge in [-0.25, -0.2) is 10.3 Å². The van der Waals surface area contributed by atoms with Crippen LogP contribution in [0.15, 0.2) is 36.4 Å². The van der Waals surface area contributed by atoms with E-state index in [4.69, 9.17) is 14.3 Å². The predicted molar refractivity (Wildman–Crippen MR) is 125 cm³/mol. The second-order valence-corrected chi connectivity index (χ2v) is 7.24. The van der Waals surface area contributed by atoms with Crippen LogP contribution in [0.1, 0.15) is 54.3 Å². The lowest BCUT2D eigenvalue weighted by Gasteiger charge is -2.40. The Morgan fingerprint density at radius 2 is 1.91 bits per heavy atom. The summed E-state index contributed by atoms with van der Waals surface area (Å²) in [6.07, 6.45) is 1.19. The molecule has 0 aliphatic carbocycles. The van der Waals surface area contributed by atoms with Crippen molar-refractivity contribution in [1.29, 1.82) is 0 Å². The summed E-state index contributed by atoms with van der Waals surface area (Å²) in [6, 6.07) is 10.2. The fourth-order valence-electron chi connectivity index (χ4n) is 3.28. The van der Waals surface area contributed by atoms with Crippen LogP contribution in [0.25, 0.3) is 0 Å². The average molecular weight is 458 g/mol. The van der Waals surface area contributed by atoms with E-state index < -0.39 is 11.6 Å². The summed E-state index contributed by atoms with van der Waals surface area (Å²) in [4.78, 5) is 43.4. The number of aldehydes is 1. The zero-order valence-corrected chi connectivity index (χ0v) is 19.9. The molecule has 33 heavy (non-hydrogen) atoms. The maximum absolute atomic E-state index is 13.2. The van der Waals surface area contributed by atoms with Crippen LogP contribution in [0, 0.1) is 0 Å². The van der Waals surface area contributed by atoms with Gasteiger partial charge in [0.1, 0.15) is 11.5 Å². The van der Waals surface area contributed by atoms with Gasteiger partial charge in [0, 0.05) is 31.6 Å². The normalized spacial score (nSPS) is 17.1. The number of rotatable bonds is 7. The number of benzene rings is 2. The molecule has 2 aromatic rings. The van der Waals surface area contributed by atoms with Crippen LogP contribution in [0.2, 0.25) is 0 Å². The van der Waals surface area contributed by atoms with Crippen molar-refractivity contribution in [3.05, 3.63) is 47.5 Å². The average Bonchev–Trinajstić information content (AvgIpc) is 2.86. The van der Waals surface area contributed by atoms with Gasteiger partial charge in [-0.3, -0.25) is 14.4 Å². The first-order valence-electron chi connectivity index (χ1n) is 10.6. The van der Waals surface area contributed by atoms with Gasteiger partial charge in [-0.05, 0) is 31.2 Å². The highest BCUT2D eigenvalue weighted by Crippen LogP contribution is 2.33. The van der Waals surface area contributed by atoms with Crippen LogP contribution in [-0.2, 0) is 9.63 Å². The van der Waals surface area contributed by atoms with E-state index >= 15 is 0 Å². The van der Waals surface area contributed by atoms with E-state index in [1.54, 1.807) is 57.5 Å². The van der Waals surface area contributed by atoms with Gasteiger partial charge < -0.3 is 19.7 Å². The number of anilines is 2. The predicted octanol–water partition coefficient (Wildman–Crippen LogP) is 3.92. The number of hydroxylamine groups is 1. The van der Waals surface area contributed by atoms with Gasteiger partial charge >= 0.3 is 0 Å². The SMILES string of the molecule is CC.COc1ccc(Nc2cccc(C(=O)N(C)C3(C)CCC(=O)NO3)c2C=O)c(OC)c1. The Morgan fingerprint density at radius 3 is 2.48 bits per heavy atom. The van der Waals surface area contributed by atoms with Crippen LogP contribution in [0.3, 0.4) is 0 Å². The van der Waals surface area contributed by atoms with Gasteiger partial charge in [0.15, 0.2) is 12.0 Å². The summed E-state index contributed by atoms with van der Waals surface area (Å²) in [5, 5.41) is 3.15. The lowest BCUT2D eigenvalue weighted by Crippen LogP contribution is -2.56. The number of nitrogens with one attached hydrogen (secondary N) is 2. The minimum absolute atomic E-state index is 0.195. The maximum atomic E-state index is 13.2. The minimum atomic E-state index is -1.03. The number of methoxy groups -OCH3 is 2. The van der Waals surface area contributed by atoms with E-state index in [9.17, 15) is 14.4 Å². The van der Waals surface area contributed by atoms with Crippen molar-refractivity contribution in [3.8, 4) is 11.5 Å². The van der Waals surface area contributed by atoms with E-state index in [0.717, 1.165) is 0 Å². The summed E-state index contributed by atoms with van der Waals surface area (Å²) in [5.74, 6) is 0.484. The molecular formula is C24H31N3O6. The summed E-state index contributed by atoms with van der Waals surface area (Å²) in [7, 11) is 4.65. The molecule has 2 amide bonds. The molecule has 2 N–H and O–H groups in total. The number of ether oxygens (including phenoxy) is 2. The van der Waals surface area contributed by atoms with Crippen LogP contribution in [0.5, 0.6) is 11.5 Å². The van der Waals surface area contributed by atoms with Crippen molar-refractivity contribution in [2.24, 2.45) is 0 Å². The summed E-state index contributed by atoms with van der Waals surface area (Å²) in [6.45, 7) is 5.70. The Hall–Kier alpha value is -3.59. The molecule has 0 radical (unpaired) electrons. The largest absolute Gasteiger partial charge is 0.497 e. The first-order valence-corrected chi connectivity index (χ1v) is 10.6. The highest BCUT2D eigenvalue weighted by Gasteiger charge is 2.39. The lowest BCUT2D eigenvalue weighted by molar-refractivity contribution is -0.196. The molecular weight excluding hydrogens is 426 g/mol. The highest BCUT2D eigenvalue weighted by molar-refractivity contribution is 6.05. The molecule has 1 atom stereocenters. The Morgan fingerprint density at radius 1 is 1.18 bits per heavy atom. The van der Waals surface area contributed by atoms with Crippen LogP contribution < -0.4 is 20.3 Å². The maximum Gasteiger partial charge on any atom is 0.256 e. The van der Waals surface area contributed by atoms with Crippen molar-refractivity contribution in [2.75, 3.05) is 26.6 Å². The fraction of sp³-hybridized carbons (Fsp3) is 0.375. The summed E-state index contributed by atoms with van der Waals surface area (Å²) >= 11 is 0. The quantitative estimate of drug-likeness (QED) is 0.607. The molecule has 1 heterocycles. The van der Waals surface area contributed by atoms with Gasteiger partial charge in [0.2, 0.25) is 5.91 Å². The van der Waals surface area contributed by atoms with E-state index in [-0.39, 0.29) is 23.5 Å². The van der Waals surface area contributed by atoms with Crippen molar-refractivity contribution in [3.63, 3.8) is 0 Å². The fourth-order valence-corrected chi connectivity index (χ4v) is 3.28. The van der Waals surface area contributed by atoms with E-state index in [0.29, 0.717) is 35.6 Å². The van der Waals surface area contributed by atoms with Gasteiger partial charge in [-0.15, -0.1) is 0 Å². The molecule has 0 saturated carbocycles. The highest BCUT2D eigenvalue weighted by atomic mass is 16.7. The third kappa shape index (κ3) is 5.61. The van der Waals surface area contributed by atoms with Crippen LogP contribution >= 0.6 is 0 Å². The van der Waals surface area contributed by atoms with Crippen molar-refractivity contribution in [2.45, 2.75) is 39.3 Å². The lowest BCUT2D eigenvalue weighted by atomic mass is 10.0. The molecule has 9 nitrogen and oxygen atoms in total. The molecule has 1 aliphatic rings. The Kier molecular flexibility index (Phi) is 8.81. The first-order chi connectivity index (χ1) is 15.8. The molecule has 1 fully saturated rings. The Bertz CT molecular complexity index is 998. The molecule has 1 unspecified atom stereocenters. The zero-order valence-electron chi connectivity index (χ0n) is 19.9. The topological polar surface area (TPSA) is 106 Å². The third-order valence-electron chi connectivity index (χ3n) is 5.35. The number of nitrogens with zero attached hydrogens (tertiary/aromatic N) is 1. The second kappa shape index (κ2) is 11.3. The standard InChI is InChI=1S/C22H25N3O6.C2H6/c1-22(11-10-20(27)24-31-22)25(2)21(28)15-6-5-7-17(16(15)13-26)23-18-9-8-14(29-3)12-19(18)30-4;1-2/h5-9,12-13,23H,10-11H2,1-4H3,(H,24,27);1-2H3. The molecule has 0 aromatic heterocycles. The molecule has 2 aromatic carbocycles. The second-order valence-electron chi connectivity index (χ2n) is 7.24. The summed E-state index contributed by atoms with van der Waals surface area (Å²) < 4.78 is 10.6. The Balaban J connectivity index is 0.00000187. The van der Waals surface area contributed by atoms with E-state index in [1.165, 1.54) is 12.0 Å². The number of carbonyl (C=O) groups excluding carboxylic acids is 3. The number of carbonyl (C=O) groups is 3. The number of amides is 2. The van der Waals surface area contributed by atoms with Gasteiger partial charge in [0.25, 0.3) is 5.91 Å². The Labute approximate surface area is 194 Å².